The lowest BCUT2D eigenvalue weighted by Crippen LogP contribution is -2.30. The van der Waals surface area contributed by atoms with Crippen molar-refractivity contribution in [2.45, 2.75) is 25.6 Å². The first-order valence-corrected chi connectivity index (χ1v) is 8.27. The second-order valence-corrected chi connectivity index (χ2v) is 5.80. The van der Waals surface area contributed by atoms with E-state index in [0.717, 1.165) is 36.5 Å². The highest BCUT2D eigenvalue weighted by Gasteiger charge is 2.21. The molecule has 1 aliphatic rings. The highest BCUT2D eigenvalue weighted by atomic mass is 16.7. The van der Waals surface area contributed by atoms with Gasteiger partial charge in [-0.2, -0.15) is 0 Å². The third kappa shape index (κ3) is 4.17. The van der Waals surface area contributed by atoms with Crippen molar-refractivity contribution in [1.82, 2.24) is 0 Å². The van der Waals surface area contributed by atoms with Crippen LogP contribution < -0.4 is 4.74 Å². The molecule has 1 fully saturated rings. The van der Waals surface area contributed by atoms with Gasteiger partial charge in [-0.1, -0.05) is 30.9 Å². The van der Waals surface area contributed by atoms with E-state index in [2.05, 4.69) is 43.0 Å². The Balaban J connectivity index is 1.63. The Morgan fingerprint density at radius 3 is 1.96 bits per heavy atom. The zero-order valence-electron chi connectivity index (χ0n) is 14.1. The van der Waals surface area contributed by atoms with Crippen LogP contribution in [0.15, 0.2) is 48.5 Å². The molecule has 24 heavy (non-hydrogen) atoms. The van der Waals surface area contributed by atoms with E-state index in [4.69, 9.17) is 14.2 Å². The van der Waals surface area contributed by atoms with Gasteiger partial charge in [0.15, 0.2) is 6.29 Å². The smallest absolute Gasteiger partial charge is 0.157 e. The highest BCUT2D eigenvalue weighted by molar-refractivity contribution is 5.45. The van der Waals surface area contributed by atoms with Gasteiger partial charge in [0.25, 0.3) is 0 Å². The van der Waals surface area contributed by atoms with E-state index in [9.17, 15) is 0 Å². The van der Waals surface area contributed by atoms with Crippen LogP contribution in [0.25, 0.3) is 0 Å². The fourth-order valence-corrected chi connectivity index (χ4v) is 2.63. The topological polar surface area (TPSA) is 27.7 Å². The minimum Gasteiger partial charge on any atom is -0.497 e. The van der Waals surface area contributed by atoms with Crippen LogP contribution in [0.3, 0.4) is 0 Å². The number of hydrogen-bond donors (Lipinski definition) is 0. The summed E-state index contributed by atoms with van der Waals surface area (Å²) < 4.78 is 16.5. The fraction of sp³-hybridized carbons (Fsp3) is 0.333. The van der Waals surface area contributed by atoms with E-state index >= 15 is 0 Å². The van der Waals surface area contributed by atoms with Crippen molar-refractivity contribution in [1.29, 1.82) is 0 Å². The molecule has 3 nitrogen and oxygen atoms in total. The molecule has 124 valence electrons. The molecule has 2 aromatic rings. The van der Waals surface area contributed by atoms with Crippen LogP contribution in [0.1, 0.15) is 36.0 Å². The zero-order chi connectivity index (χ0) is 16.8. The first-order chi connectivity index (χ1) is 11.8. The molecular formula is C21H22O3. The Kier molecular flexibility index (Phi) is 5.53. The zero-order valence-corrected chi connectivity index (χ0v) is 14.1. The summed E-state index contributed by atoms with van der Waals surface area (Å²) in [6.45, 7) is 3.51. The average Bonchev–Trinajstić information content (AvgIpc) is 2.67. The van der Waals surface area contributed by atoms with Crippen LogP contribution in [0, 0.1) is 11.8 Å². The monoisotopic (exact) mass is 322 g/mol. The second kappa shape index (κ2) is 8.01. The summed E-state index contributed by atoms with van der Waals surface area (Å²) in [5.41, 5.74) is 3.21. The summed E-state index contributed by atoms with van der Waals surface area (Å²) in [5.74, 6) is 7.50. The van der Waals surface area contributed by atoms with Gasteiger partial charge in [0.2, 0.25) is 0 Å². The van der Waals surface area contributed by atoms with Crippen LogP contribution >= 0.6 is 0 Å². The maximum absolute atomic E-state index is 5.69. The van der Waals surface area contributed by atoms with Gasteiger partial charge < -0.3 is 14.2 Å². The minimum absolute atomic E-state index is 0.0455. The molecule has 0 N–H and O–H groups in total. The Labute approximate surface area is 143 Å². The normalized spacial score (nSPS) is 20.1. The SMILES string of the molecule is CCC1OCC(c2ccc(C#Cc3ccc(OC)cc3)cc2)CO1. The Morgan fingerprint density at radius 2 is 1.46 bits per heavy atom. The Hall–Kier alpha value is -2.28. The summed E-state index contributed by atoms with van der Waals surface area (Å²) in [6.07, 6.45) is 0.850. The molecule has 0 atom stereocenters. The first kappa shape index (κ1) is 16.6. The minimum atomic E-state index is -0.0455. The van der Waals surface area contributed by atoms with E-state index in [-0.39, 0.29) is 6.29 Å². The van der Waals surface area contributed by atoms with Crippen molar-refractivity contribution in [3.8, 4) is 17.6 Å². The lowest BCUT2D eigenvalue weighted by atomic mass is 9.99. The summed E-state index contributed by atoms with van der Waals surface area (Å²) in [6, 6.07) is 16.1. The van der Waals surface area contributed by atoms with E-state index in [1.165, 1.54) is 5.56 Å². The molecule has 2 aromatic carbocycles. The maximum Gasteiger partial charge on any atom is 0.157 e. The number of methoxy groups -OCH3 is 1. The molecule has 0 radical (unpaired) electrons. The Bertz CT molecular complexity index is 699. The molecule has 0 unspecified atom stereocenters. The molecule has 3 rings (SSSR count). The number of rotatable bonds is 3. The molecule has 0 spiro atoms. The molecular weight excluding hydrogens is 300 g/mol. The predicted octanol–water partition coefficient (Wildman–Crippen LogP) is 3.96. The molecule has 0 aliphatic carbocycles. The standard InChI is InChI=1S/C21H22O3/c1-3-21-23-14-19(15-24-21)18-10-6-16(7-11-18)4-5-17-8-12-20(22-2)13-9-17/h6-13,19,21H,3,14-15H2,1-2H3. The highest BCUT2D eigenvalue weighted by Crippen LogP contribution is 2.23. The van der Waals surface area contributed by atoms with Gasteiger partial charge in [-0.15, -0.1) is 0 Å². The lowest BCUT2D eigenvalue weighted by molar-refractivity contribution is -0.187. The van der Waals surface area contributed by atoms with Gasteiger partial charge in [0.05, 0.1) is 20.3 Å². The van der Waals surface area contributed by atoms with Gasteiger partial charge in [-0.05, 0) is 48.4 Å². The third-order valence-corrected chi connectivity index (χ3v) is 4.12. The third-order valence-electron chi connectivity index (χ3n) is 4.12. The van der Waals surface area contributed by atoms with E-state index < -0.39 is 0 Å². The quantitative estimate of drug-likeness (QED) is 0.801. The van der Waals surface area contributed by atoms with Crippen molar-refractivity contribution in [2.24, 2.45) is 0 Å². The fourth-order valence-electron chi connectivity index (χ4n) is 2.63. The largest absolute Gasteiger partial charge is 0.497 e. The summed E-state index contributed by atoms with van der Waals surface area (Å²) in [7, 11) is 1.66. The number of hydrogen-bond acceptors (Lipinski definition) is 3. The number of ether oxygens (including phenoxy) is 3. The lowest BCUT2D eigenvalue weighted by Gasteiger charge is -2.29. The van der Waals surface area contributed by atoms with Crippen molar-refractivity contribution < 1.29 is 14.2 Å². The molecule has 3 heteroatoms. The van der Waals surface area contributed by atoms with E-state index in [1.807, 2.05) is 24.3 Å². The van der Waals surface area contributed by atoms with Crippen LogP contribution in [-0.4, -0.2) is 26.6 Å². The van der Waals surface area contributed by atoms with Gasteiger partial charge in [-0.25, -0.2) is 0 Å². The molecule has 0 amide bonds. The summed E-state index contributed by atoms with van der Waals surface area (Å²) >= 11 is 0. The maximum atomic E-state index is 5.69. The second-order valence-electron chi connectivity index (χ2n) is 5.80. The van der Waals surface area contributed by atoms with Crippen molar-refractivity contribution >= 4 is 0 Å². The summed E-state index contributed by atoms with van der Waals surface area (Å²) in [4.78, 5) is 0. The van der Waals surface area contributed by atoms with Crippen molar-refractivity contribution in [3.63, 3.8) is 0 Å². The molecule has 0 saturated carbocycles. The van der Waals surface area contributed by atoms with Gasteiger partial charge in [0.1, 0.15) is 5.75 Å². The van der Waals surface area contributed by atoms with Crippen LogP contribution in [-0.2, 0) is 9.47 Å². The molecule has 0 aromatic heterocycles. The van der Waals surface area contributed by atoms with Gasteiger partial charge in [-0.3, -0.25) is 0 Å². The van der Waals surface area contributed by atoms with Crippen molar-refractivity contribution in [3.05, 3.63) is 65.2 Å². The number of benzene rings is 2. The molecule has 0 bridgehead atoms. The van der Waals surface area contributed by atoms with Crippen LogP contribution in [0.4, 0.5) is 0 Å². The van der Waals surface area contributed by atoms with Crippen molar-refractivity contribution in [2.75, 3.05) is 20.3 Å². The van der Waals surface area contributed by atoms with E-state index in [0.29, 0.717) is 5.92 Å². The van der Waals surface area contributed by atoms with Gasteiger partial charge in [0, 0.05) is 17.0 Å². The molecule has 1 saturated heterocycles. The van der Waals surface area contributed by atoms with Gasteiger partial charge >= 0.3 is 0 Å². The van der Waals surface area contributed by atoms with Crippen LogP contribution in [0.5, 0.6) is 5.75 Å². The van der Waals surface area contributed by atoms with E-state index in [1.54, 1.807) is 7.11 Å². The van der Waals surface area contributed by atoms with Crippen LogP contribution in [0.2, 0.25) is 0 Å². The summed E-state index contributed by atoms with van der Waals surface area (Å²) in [5, 5.41) is 0. The molecule has 1 heterocycles. The Morgan fingerprint density at radius 1 is 0.917 bits per heavy atom. The first-order valence-electron chi connectivity index (χ1n) is 8.27. The molecule has 1 aliphatic heterocycles. The predicted molar refractivity (Wildman–Crippen MR) is 94.1 cm³/mol. The average molecular weight is 322 g/mol.